The summed E-state index contributed by atoms with van der Waals surface area (Å²) in [6.07, 6.45) is 8.01. The van der Waals surface area contributed by atoms with Crippen molar-refractivity contribution in [1.29, 1.82) is 0 Å². The second-order valence-electron chi connectivity index (χ2n) is 16.1. The lowest BCUT2D eigenvalue weighted by molar-refractivity contribution is -0.121. The summed E-state index contributed by atoms with van der Waals surface area (Å²) < 4.78 is 2.14. The molecule has 2 saturated heterocycles. The molecular formula is C43H61N11O3. The molecule has 306 valence electrons. The van der Waals surface area contributed by atoms with E-state index in [9.17, 15) is 14.4 Å². The molecule has 0 unspecified atom stereocenters. The van der Waals surface area contributed by atoms with Crippen molar-refractivity contribution in [1.82, 2.24) is 35.2 Å². The number of benzene rings is 1. The number of hydrogen-bond acceptors (Lipinski definition) is 10. The number of anilines is 2. The van der Waals surface area contributed by atoms with Crippen molar-refractivity contribution < 1.29 is 14.4 Å². The molecule has 0 radical (unpaired) electrons. The smallest absolute Gasteiger partial charge is 0.272 e. The zero-order valence-electron chi connectivity index (χ0n) is 34.7. The summed E-state index contributed by atoms with van der Waals surface area (Å²) in [4.78, 5) is 49.8. The topological polar surface area (TPSA) is 180 Å². The molecule has 1 aromatic carbocycles. The Labute approximate surface area is 337 Å². The molecule has 2 saturated carbocycles. The monoisotopic (exact) mass is 779 g/mol. The number of nitrogens with two attached hydrogens (primary N) is 2. The van der Waals surface area contributed by atoms with Gasteiger partial charge < -0.3 is 37.2 Å². The van der Waals surface area contributed by atoms with Gasteiger partial charge in [-0.05, 0) is 55.7 Å². The molecule has 7 N–H and O–H groups in total. The van der Waals surface area contributed by atoms with E-state index in [1.165, 1.54) is 6.08 Å². The van der Waals surface area contributed by atoms with Gasteiger partial charge in [-0.3, -0.25) is 24.0 Å². The zero-order chi connectivity index (χ0) is 41.0. The van der Waals surface area contributed by atoms with Crippen LogP contribution in [0, 0.1) is 11.3 Å². The van der Waals surface area contributed by atoms with Gasteiger partial charge in [-0.25, -0.2) is 4.98 Å². The maximum atomic E-state index is 13.2. The maximum absolute atomic E-state index is 13.2. The highest BCUT2D eigenvalue weighted by molar-refractivity contribution is 5.96. The van der Waals surface area contributed by atoms with Crippen LogP contribution in [-0.2, 0) is 22.7 Å². The van der Waals surface area contributed by atoms with E-state index in [0.29, 0.717) is 24.5 Å². The lowest BCUT2D eigenvalue weighted by Gasteiger charge is -2.40. The molecule has 0 atom stereocenters. The third kappa shape index (κ3) is 9.44. The normalized spacial score (nSPS) is 19.0. The van der Waals surface area contributed by atoms with Crippen LogP contribution >= 0.6 is 0 Å². The summed E-state index contributed by atoms with van der Waals surface area (Å²) >= 11 is 0. The van der Waals surface area contributed by atoms with Crippen LogP contribution < -0.4 is 32.3 Å². The Hall–Kier alpha value is -5.37. The van der Waals surface area contributed by atoms with E-state index in [0.717, 1.165) is 92.2 Å². The van der Waals surface area contributed by atoms with Crippen LogP contribution in [0.3, 0.4) is 0 Å². The van der Waals surface area contributed by atoms with Gasteiger partial charge in [0, 0.05) is 68.9 Å². The molecule has 14 heteroatoms. The van der Waals surface area contributed by atoms with Crippen LogP contribution in [0.25, 0.3) is 11.1 Å². The number of nitrogens with zero attached hydrogens (tertiary/aromatic N) is 6. The molecule has 0 spiro atoms. The summed E-state index contributed by atoms with van der Waals surface area (Å²) in [5, 5.41) is 14.0. The number of carbonyl (C=O) groups is 3. The number of hydrogen-bond donors (Lipinski definition) is 5. The molecule has 5 heterocycles. The third-order valence-corrected chi connectivity index (χ3v) is 10.9. The average molecular weight is 780 g/mol. The van der Waals surface area contributed by atoms with Gasteiger partial charge >= 0.3 is 0 Å². The number of pyridine rings is 1. The summed E-state index contributed by atoms with van der Waals surface area (Å²) in [6.45, 7) is 16.9. The quantitative estimate of drug-likeness (QED) is 0.130. The molecule has 57 heavy (non-hydrogen) atoms. The first kappa shape index (κ1) is 41.3. The molecule has 14 nitrogen and oxygen atoms in total. The number of fused-ring (bicyclic) bond motifs is 3. The Kier molecular flexibility index (Phi) is 12.6. The van der Waals surface area contributed by atoms with Crippen LogP contribution in [0.2, 0.25) is 0 Å². The molecule has 2 aromatic heterocycles. The van der Waals surface area contributed by atoms with Crippen LogP contribution in [0.5, 0.6) is 0 Å². The predicted octanol–water partition coefficient (Wildman–Crippen LogP) is 5.06. The van der Waals surface area contributed by atoms with Crippen LogP contribution in [0.15, 0.2) is 65.9 Å². The highest BCUT2D eigenvalue weighted by atomic mass is 16.2. The molecule has 2 aliphatic carbocycles. The van der Waals surface area contributed by atoms with Crippen molar-refractivity contribution in [2.75, 3.05) is 43.4 Å². The highest BCUT2D eigenvalue weighted by Gasteiger charge is 2.36. The van der Waals surface area contributed by atoms with Gasteiger partial charge in [0.2, 0.25) is 5.91 Å². The van der Waals surface area contributed by atoms with Gasteiger partial charge in [0.05, 0.1) is 47.2 Å². The molecule has 8 rings (SSSR count). The van der Waals surface area contributed by atoms with Gasteiger partial charge in [-0.1, -0.05) is 59.7 Å². The molecule has 5 aliphatic rings. The minimum Gasteiger partial charge on any atom is -0.393 e. The third-order valence-electron chi connectivity index (χ3n) is 10.9. The van der Waals surface area contributed by atoms with E-state index in [-0.39, 0.29) is 52.7 Å². The molecule has 3 amide bonds. The van der Waals surface area contributed by atoms with E-state index in [1.54, 1.807) is 0 Å². The fraction of sp³-hybridized carbons (Fsp3) is 0.512. The molecular weight excluding hydrogens is 719 g/mol. The Morgan fingerprint density at radius 2 is 1.68 bits per heavy atom. The van der Waals surface area contributed by atoms with Crippen molar-refractivity contribution in [3.63, 3.8) is 0 Å². The van der Waals surface area contributed by atoms with Gasteiger partial charge in [0.25, 0.3) is 11.8 Å². The number of carbonyl (C=O) groups excluding carboxylic acids is 3. The zero-order valence-corrected chi connectivity index (χ0v) is 34.7. The number of nitrogens with one attached hydrogen (secondary N) is 3. The Morgan fingerprint density at radius 3 is 2.35 bits per heavy atom. The van der Waals surface area contributed by atoms with E-state index < -0.39 is 0 Å². The Morgan fingerprint density at radius 1 is 0.965 bits per heavy atom. The van der Waals surface area contributed by atoms with Crippen LogP contribution in [0.4, 0.5) is 11.4 Å². The summed E-state index contributed by atoms with van der Waals surface area (Å²) in [5.74, 6) is -0.408. The largest absolute Gasteiger partial charge is 0.393 e. The van der Waals surface area contributed by atoms with E-state index in [1.807, 2.05) is 76.2 Å². The number of para-hydroxylation sites is 1. The minimum absolute atomic E-state index is 0.0104. The first-order chi connectivity index (χ1) is 27.4. The standard InChI is InChI=1S/C39H49N11O3.2C2H6/c1-39(2)14-15-49(22-39)38(53)30-9-4-6-25(43-30)18-48-19-26(20-48)50-32-21-47(3)35-27(28(32)17-42-50)7-5-8-29(35)45-31(34(41)37(52)44-24-12-13-24)16-33(40)46-36(51)23-10-11-23;2*1-2/h4-9,16-17,23-24,26,45H,10-15,18-22,40-41H2,1-3H3,(H,44,52)(H,46,51);2*1-2H3/b33-16+,34-31+;;. The lowest BCUT2D eigenvalue weighted by atomic mass is 9.93. The predicted molar refractivity (Wildman–Crippen MR) is 224 cm³/mol. The van der Waals surface area contributed by atoms with E-state index in [4.69, 9.17) is 21.5 Å². The van der Waals surface area contributed by atoms with E-state index in [2.05, 4.69) is 50.3 Å². The first-order valence-corrected chi connectivity index (χ1v) is 20.7. The fourth-order valence-corrected chi connectivity index (χ4v) is 7.57. The van der Waals surface area contributed by atoms with Gasteiger partial charge in [0.1, 0.15) is 17.2 Å². The van der Waals surface area contributed by atoms with Crippen molar-refractivity contribution in [3.05, 3.63) is 83.0 Å². The van der Waals surface area contributed by atoms with Crippen molar-refractivity contribution in [3.8, 4) is 11.1 Å². The second kappa shape index (κ2) is 17.4. The fourth-order valence-electron chi connectivity index (χ4n) is 7.57. The number of aromatic nitrogens is 3. The maximum Gasteiger partial charge on any atom is 0.272 e. The SMILES string of the molecule is CC.CC.CN1Cc2c(cnn2C2CN(Cc3cccc(C(=O)N4CCC(C)(C)C4)n3)C2)-c2cccc(NC(/C=C(\N)NC(=O)C3CC3)=C(/N)C(=O)NC3CC3)c21. The molecule has 3 aliphatic heterocycles. The van der Waals surface area contributed by atoms with Crippen LogP contribution in [0.1, 0.15) is 102 Å². The molecule has 0 bridgehead atoms. The van der Waals surface area contributed by atoms with Gasteiger partial charge in [-0.2, -0.15) is 5.10 Å². The van der Waals surface area contributed by atoms with Crippen molar-refractivity contribution >= 4 is 29.1 Å². The average Bonchev–Trinajstić information content (AvgIpc) is 4.13. The summed E-state index contributed by atoms with van der Waals surface area (Å²) in [5.41, 5.74) is 19.4. The van der Waals surface area contributed by atoms with Gasteiger partial charge in [-0.15, -0.1) is 0 Å². The summed E-state index contributed by atoms with van der Waals surface area (Å²) in [7, 11) is 2.03. The minimum atomic E-state index is -0.382. The molecule has 4 fully saturated rings. The Bertz CT molecular complexity index is 2020. The first-order valence-electron chi connectivity index (χ1n) is 20.7. The lowest BCUT2D eigenvalue weighted by Crippen LogP contribution is -2.48. The second-order valence-corrected chi connectivity index (χ2v) is 16.1. The highest BCUT2D eigenvalue weighted by Crippen LogP contribution is 2.44. The summed E-state index contributed by atoms with van der Waals surface area (Å²) in [6, 6.07) is 12.1. The number of rotatable bonds is 11. The number of likely N-dealkylation sites (tertiary alicyclic amines) is 2. The Balaban J connectivity index is 0.00000133. The van der Waals surface area contributed by atoms with E-state index >= 15 is 0 Å². The number of amides is 3. The van der Waals surface area contributed by atoms with Crippen molar-refractivity contribution in [2.45, 2.75) is 98.8 Å². The number of allylic oxidation sites excluding steroid dienone is 1. The molecule has 3 aromatic rings. The van der Waals surface area contributed by atoms with Crippen molar-refractivity contribution in [2.24, 2.45) is 22.8 Å². The van der Waals surface area contributed by atoms with Crippen LogP contribution in [-0.4, -0.2) is 81.6 Å². The van der Waals surface area contributed by atoms with Gasteiger partial charge in [0.15, 0.2) is 0 Å².